The van der Waals surface area contributed by atoms with Crippen LogP contribution in [0.2, 0.25) is 0 Å². The zero-order chi connectivity index (χ0) is 22.3. The summed E-state index contributed by atoms with van der Waals surface area (Å²) in [6.07, 6.45) is 1.97. The highest BCUT2D eigenvalue weighted by molar-refractivity contribution is 5.79. The fraction of sp³-hybridized carbons (Fsp3) is 0.321. The lowest BCUT2D eigenvalue weighted by Gasteiger charge is -2.29. The smallest absolute Gasteiger partial charge is 0.0517 e. The van der Waals surface area contributed by atoms with Gasteiger partial charge in [-0.05, 0) is 23.6 Å². The quantitative estimate of drug-likeness (QED) is 0.292. The average molecular weight is 429 g/mol. The van der Waals surface area contributed by atoms with E-state index in [1.165, 1.54) is 11.1 Å². The minimum Gasteiger partial charge on any atom is -0.314 e. The van der Waals surface area contributed by atoms with E-state index in [0.29, 0.717) is 6.04 Å². The van der Waals surface area contributed by atoms with Crippen molar-refractivity contribution >= 4 is 6.21 Å². The fourth-order valence-corrected chi connectivity index (χ4v) is 3.69. The zero-order valence-corrected chi connectivity index (χ0v) is 19.2. The Balaban J connectivity index is 1.41. The first kappa shape index (κ1) is 23.9. The lowest BCUT2D eigenvalue weighted by atomic mass is 10.1. The number of aliphatic imine (C=N–C) groups is 1. The Morgan fingerprint density at radius 3 is 2.09 bits per heavy atom. The Morgan fingerprint density at radius 2 is 1.38 bits per heavy atom. The molecule has 0 heterocycles. The van der Waals surface area contributed by atoms with Gasteiger partial charge in [-0.2, -0.15) is 0 Å². The monoisotopic (exact) mass is 428 g/mol. The van der Waals surface area contributed by atoms with Crippen LogP contribution in [0.15, 0.2) is 96.0 Å². The van der Waals surface area contributed by atoms with E-state index in [0.717, 1.165) is 51.4 Å². The number of nitrogens with zero attached hydrogens (tertiary/aromatic N) is 2. The maximum atomic E-state index is 4.66. The molecule has 0 aromatic heterocycles. The first-order valence-corrected chi connectivity index (χ1v) is 11.6. The van der Waals surface area contributed by atoms with Gasteiger partial charge in [0.25, 0.3) is 0 Å². The summed E-state index contributed by atoms with van der Waals surface area (Å²) in [4.78, 5) is 7.17. The predicted octanol–water partition coefficient (Wildman–Crippen LogP) is 4.55. The Bertz CT molecular complexity index is 881. The number of hydrogen-bond donors (Lipinski definition) is 2. The molecule has 4 nitrogen and oxygen atoms in total. The molecule has 3 aromatic carbocycles. The summed E-state index contributed by atoms with van der Waals surface area (Å²) in [5.74, 6) is 0. The molecular weight excluding hydrogens is 392 g/mol. The summed E-state index contributed by atoms with van der Waals surface area (Å²) in [6, 6.07) is 31.9. The van der Waals surface area contributed by atoms with Crippen LogP contribution < -0.4 is 10.6 Å². The lowest BCUT2D eigenvalue weighted by molar-refractivity contribution is 0.217. The standard InChI is InChI=1S/C28H36N4/c1-25(28-15-9-4-10-16-28)32(22-20-31-24-27-13-7-3-8-14-27)21-19-29-17-18-30-23-26-11-5-2-6-12-26/h2-16,24-25,29-30H,17-23H2,1H3. The van der Waals surface area contributed by atoms with Gasteiger partial charge in [0.2, 0.25) is 0 Å². The highest BCUT2D eigenvalue weighted by Crippen LogP contribution is 2.19. The molecule has 2 N–H and O–H groups in total. The van der Waals surface area contributed by atoms with Crippen molar-refractivity contribution in [3.8, 4) is 0 Å². The van der Waals surface area contributed by atoms with Crippen LogP contribution in [0.25, 0.3) is 0 Å². The van der Waals surface area contributed by atoms with E-state index in [1.54, 1.807) is 0 Å². The molecule has 0 radical (unpaired) electrons. The van der Waals surface area contributed by atoms with Crippen molar-refractivity contribution < 1.29 is 0 Å². The maximum absolute atomic E-state index is 4.66. The molecule has 32 heavy (non-hydrogen) atoms. The van der Waals surface area contributed by atoms with E-state index in [-0.39, 0.29) is 0 Å². The summed E-state index contributed by atoms with van der Waals surface area (Å²) >= 11 is 0. The topological polar surface area (TPSA) is 39.7 Å². The van der Waals surface area contributed by atoms with Gasteiger partial charge < -0.3 is 10.6 Å². The van der Waals surface area contributed by atoms with Crippen LogP contribution in [0.1, 0.15) is 29.7 Å². The Labute approximate surface area is 193 Å². The molecule has 0 saturated carbocycles. The van der Waals surface area contributed by atoms with Crippen molar-refractivity contribution in [2.75, 3.05) is 39.3 Å². The second-order valence-corrected chi connectivity index (χ2v) is 7.98. The third kappa shape index (κ3) is 8.75. The molecule has 3 rings (SSSR count). The normalized spacial score (nSPS) is 12.4. The van der Waals surface area contributed by atoms with E-state index >= 15 is 0 Å². The highest BCUT2D eigenvalue weighted by Gasteiger charge is 2.14. The minimum absolute atomic E-state index is 0.362. The van der Waals surface area contributed by atoms with Crippen molar-refractivity contribution in [3.05, 3.63) is 108 Å². The summed E-state index contributed by atoms with van der Waals surface area (Å²) in [6.45, 7) is 8.83. The van der Waals surface area contributed by atoms with Crippen LogP contribution in [0.5, 0.6) is 0 Å². The largest absolute Gasteiger partial charge is 0.314 e. The molecule has 1 unspecified atom stereocenters. The number of rotatable bonds is 14. The van der Waals surface area contributed by atoms with Crippen molar-refractivity contribution in [2.24, 2.45) is 4.99 Å². The van der Waals surface area contributed by atoms with Crippen molar-refractivity contribution in [1.29, 1.82) is 0 Å². The molecule has 3 aromatic rings. The third-order valence-corrected chi connectivity index (χ3v) is 5.61. The van der Waals surface area contributed by atoms with E-state index < -0.39 is 0 Å². The number of hydrogen-bond acceptors (Lipinski definition) is 4. The summed E-state index contributed by atoms with van der Waals surface area (Å²) in [5.41, 5.74) is 3.83. The molecule has 1 atom stereocenters. The van der Waals surface area contributed by atoms with Gasteiger partial charge in [-0.3, -0.25) is 9.89 Å². The van der Waals surface area contributed by atoms with Crippen molar-refractivity contribution in [2.45, 2.75) is 19.5 Å². The first-order chi connectivity index (χ1) is 15.8. The van der Waals surface area contributed by atoms with Gasteiger partial charge in [0.1, 0.15) is 0 Å². The van der Waals surface area contributed by atoms with Gasteiger partial charge >= 0.3 is 0 Å². The van der Waals surface area contributed by atoms with Crippen molar-refractivity contribution in [3.63, 3.8) is 0 Å². The van der Waals surface area contributed by atoms with Gasteiger partial charge in [0.15, 0.2) is 0 Å². The molecule has 0 fully saturated rings. The van der Waals surface area contributed by atoms with Gasteiger partial charge in [-0.25, -0.2) is 0 Å². The molecule has 0 aliphatic carbocycles. The van der Waals surface area contributed by atoms with Gasteiger partial charge in [0.05, 0.1) is 6.54 Å². The summed E-state index contributed by atoms with van der Waals surface area (Å²) < 4.78 is 0. The molecule has 168 valence electrons. The van der Waals surface area contributed by atoms with Crippen molar-refractivity contribution in [1.82, 2.24) is 15.5 Å². The molecule has 4 heteroatoms. The molecule has 0 spiro atoms. The van der Waals surface area contributed by atoms with Crippen LogP contribution in [-0.4, -0.2) is 50.4 Å². The average Bonchev–Trinajstić information content (AvgIpc) is 2.86. The predicted molar refractivity (Wildman–Crippen MR) is 136 cm³/mol. The summed E-state index contributed by atoms with van der Waals surface area (Å²) in [5, 5.41) is 7.08. The van der Waals surface area contributed by atoms with Crippen LogP contribution in [-0.2, 0) is 6.54 Å². The van der Waals surface area contributed by atoms with E-state index in [2.05, 4.69) is 100 Å². The van der Waals surface area contributed by atoms with Crippen LogP contribution in [0.3, 0.4) is 0 Å². The zero-order valence-electron chi connectivity index (χ0n) is 19.2. The number of benzene rings is 3. The fourth-order valence-electron chi connectivity index (χ4n) is 3.69. The minimum atomic E-state index is 0.362. The Hall–Kier alpha value is -2.79. The number of nitrogens with one attached hydrogen (secondary N) is 2. The Kier molecular flexibility index (Phi) is 10.7. The van der Waals surface area contributed by atoms with E-state index in [4.69, 9.17) is 0 Å². The molecular formula is C28H36N4. The molecule has 0 aliphatic heterocycles. The van der Waals surface area contributed by atoms with Crippen LogP contribution in [0.4, 0.5) is 0 Å². The summed E-state index contributed by atoms with van der Waals surface area (Å²) in [7, 11) is 0. The van der Waals surface area contributed by atoms with E-state index in [9.17, 15) is 0 Å². The lowest BCUT2D eigenvalue weighted by Crippen LogP contribution is -2.37. The highest BCUT2D eigenvalue weighted by atomic mass is 15.2. The van der Waals surface area contributed by atoms with E-state index in [1.807, 2.05) is 24.4 Å². The van der Waals surface area contributed by atoms with Crippen LogP contribution in [0, 0.1) is 0 Å². The first-order valence-electron chi connectivity index (χ1n) is 11.6. The third-order valence-electron chi connectivity index (χ3n) is 5.61. The second-order valence-electron chi connectivity index (χ2n) is 7.98. The second kappa shape index (κ2) is 14.3. The van der Waals surface area contributed by atoms with Crippen LogP contribution >= 0.6 is 0 Å². The maximum Gasteiger partial charge on any atom is 0.0517 e. The molecule has 0 aliphatic rings. The molecule has 0 saturated heterocycles. The molecule has 0 amide bonds. The van der Waals surface area contributed by atoms with Gasteiger partial charge in [0, 0.05) is 51.5 Å². The van der Waals surface area contributed by atoms with Gasteiger partial charge in [-0.15, -0.1) is 0 Å². The SMILES string of the molecule is CC(c1ccccc1)N(CCN=Cc1ccccc1)CCNCCNCc1ccccc1. The molecule has 0 bridgehead atoms. The van der Waals surface area contributed by atoms with Gasteiger partial charge in [-0.1, -0.05) is 91.0 Å². The Morgan fingerprint density at radius 1 is 0.750 bits per heavy atom.